The summed E-state index contributed by atoms with van der Waals surface area (Å²) in [5.74, 6) is 0.203. The molecule has 0 unspecified atom stereocenters. The molecule has 0 atom stereocenters. The number of nitrogen functional groups attached to an aromatic ring is 1. The van der Waals surface area contributed by atoms with Crippen LogP contribution in [0.15, 0.2) is 40.1 Å². The van der Waals surface area contributed by atoms with Crippen molar-refractivity contribution in [3.05, 3.63) is 30.3 Å². The highest BCUT2D eigenvalue weighted by atomic mass is 32.3. The Hall–Kier alpha value is -1.37. The van der Waals surface area contributed by atoms with Gasteiger partial charge in [0.15, 0.2) is 0 Å². The molecular weight excluding hydrogens is 366 g/mol. The highest BCUT2D eigenvalue weighted by Gasteiger charge is 2.18. The van der Waals surface area contributed by atoms with Crippen molar-refractivity contribution >= 4 is 48.7 Å². The van der Waals surface area contributed by atoms with Crippen LogP contribution in [0.1, 0.15) is 0 Å². The van der Waals surface area contributed by atoms with Gasteiger partial charge in [-0.05, 0) is 23.6 Å². The summed E-state index contributed by atoms with van der Waals surface area (Å²) in [6.07, 6.45) is 0. The van der Waals surface area contributed by atoms with Crippen LogP contribution in [-0.2, 0) is 24.7 Å². The number of fused-ring (bicyclic) bond motifs is 1. The molecule has 0 aliphatic rings. The van der Waals surface area contributed by atoms with Gasteiger partial charge < -0.3 is 5.73 Å². The van der Waals surface area contributed by atoms with E-state index in [4.69, 9.17) is 10.3 Å². The van der Waals surface area contributed by atoms with Crippen LogP contribution in [-0.4, -0.2) is 38.3 Å². The fourth-order valence-electron chi connectivity index (χ4n) is 1.96. The van der Waals surface area contributed by atoms with Crippen molar-refractivity contribution in [3.8, 4) is 0 Å². The number of hydrogen-bond donors (Lipinski definition) is 3. The lowest BCUT2D eigenvalue weighted by molar-refractivity contribution is 0.285. The zero-order chi connectivity index (χ0) is 17.3. The zero-order valence-electron chi connectivity index (χ0n) is 11.5. The van der Waals surface area contributed by atoms with Crippen molar-refractivity contribution in [3.63, 3.8) is 0 Å². The third-order valence-electron chi connectivity index (χ3n) is 2.82. The predicted octanol–water partition coefficient (Wildman–Crippen LogP) is 1.58. The maximum Gasteiger partial charge on any atom is 0.397 e. The first-order valence-electron chi connectivity index (χ1n) is 6.12. The largest absolute Gasteiger partial charge is 0.398 e. The molecule has 0 radical (unpaired) electrons. The Morgan fingerprint density at radius 3 is 2.35 bits per heavy atom. The number of rotatable bonds is 6. The van der Waals surface area contributed by atoms with Gasteiger partial charge in [-0.25, -0.2) is 4.18 Å². The van der Waals surface area contributed by atoms with E-state index in [-0.39, 0.29) is 28.3 Å². The molecule has 0 heterocycles. The smallest absolute Gasteiger partial charge is 0.397 e. The molecule has 0 spiro atoms. The fourth-order valence-corrected chi connectivity index (χ4v) is 3.95. The van der Waals surface area contributed by atoms with Crippen molar-refractivity contribution in [2.24, 2.45) is 0 Å². The summed E-state index contributed by atoms with van der Waals surface area (Å²) < 4.78 is 65.8. The van der Waals surface area contributed by atoms with Crippen molar-refractivity contribution in [2.45, 2.75) is 9.79 Å². The quantitative estimate of drug-likeness (QED) is 0.295. The minimum absolute atomic E-state index is 0.0724. The van der Waals surface area contributed by atoms with Crippen LogP contribution in [0.3, 0.4) is 0 Å². The molecule has 23 heavy (non-hydrogen) atoms. The molecule has 0 amide bonds. The van der Waals surface area contributed by atoms with E-state index in [0.29, 0.717) is 10.3 Å². The monoisotopic (exact) mass is 379 g/mol. The van der Waals surface area contributed by atoms with E-state index in [2.05, 4.69) is 4.18 Å². The number of benzene rings is 2. The Morgan fingerprint density at radius 1 is 1.09 bits per heavy atom. The predicted molar refractivity (Wildman–Crippen MR) is 86.4 cm³/mol. The molecular formula is C12H13NO7S3. The van der Waals surface area contributed by atoms with E-state index < -0.39 is 20.5 Å². The van der Waals surface area contributed by atoms with Crippen LogP contribution >= 0.6 is 11.8 Å². The van der Waals surface area contributed by atoms with Gasteiger partial charge in [-0.2, -0.15) is 16.8 Å². The van der Waals surface area contributed by atoms with Crippen LogP contribution in [0.4, 0.5) is 5.69 Å². The molecule has 0 aliphatic carbocycles. The minimum atomic E-state index is -4.49. The molecule has 0 bridgehead atoms. The summed E-state index contributed by atoms with van der Waals surface area (Å²) in [7, 11) is -8.98. The Labute approximate surface area is 137 Å². The van der Waals surface area contributed by atoms with Gasteiger partial charge in [0.2, 0.25) is 0 Å². The lowest BCUT2D eigenvalue weighted by atomic mass is 10.1. The van der Waals surface area contributed by atoms with Gasteiger partial charge in [-0.15, -0.1) is 11.8 Å². The van der Waals surface area contributed by atoms with Crippen molar-refractivity contribution in [1.82, 2.24) is 0 Å². The molecule has 4 N–H and O–H groups in total. The van der Waals surface area contributed by atoms with Gasteiger partial charge in [0.1, 0.15) is 4.90 Å². The number of thioether (sulfide) groups is 1. The lowest BCUT2D eigenvalue weighted by Gasteiger charge is -2.09. The third-order valence-corrected chi connectivity index (χ3v) is 5.21. The number of anilines is 1. The molecule has 126 valence electrons. The summed E-state index contributed by atoms with van der Waals surface area (Å²) in [6.45, 7) is -0.246. The van der Waals surface area contributed by atoms with E-state index in [9.17, 15) is 21.4 Å². The molecule has 2 rings (SSSR count). The number of hydrogen-bond acceptors (Lipinski definition) is 7. The molecule has 2 aromatic rings. The van der Waals surface area contributed by atoms with E-state index in [1.54, 1.807) is 18.2 Å². The maximum atomic E-state index is 11.5. The minimum Gasteiger partial charge on any atom is -0.398 e. The summed E-state index contributed by atoms with van der Waals surface area (Å²) in [5, 5.41) is 0.832. The second-order valence-electron chi connectivity index (χ2n) is 4.44. The molecule has 8 nitrogen and oxygen atoms in total. The first kappa shape index (κ1) is 18.0. The lowest BCUT2D eigenvalue weighted by Crippen LogP contribution is -2.06. The highest BCUT2D eigenvalue weighted by molar-refractivity contribution is 7.99. The average molecular weight is 379 g/mol. The van der Waals surface area contributed by atoms with Gasteiger partial charge in [-0.3, -0.25) is 9.11 Å². The third kappa shape index (κ3) is 4.80. The molecule has 0 aliphatic heterocycles. The van der Waals surface area contributed by atoms with Crippen molar-refractivity contribution in [1.29, 1.82) is 0 Å². The Balaban J connectivity index is 2.31. The molecule has 0 saturated carbocycles. The zero-order valence-corrected chi connectivity index (χ0v) is 14.0. The normalized spacial score (nSPS) is 12.6. The van der Waals surface area contributed by atoms with Crippen LogP contribution < -0.4 is 5.73 Å². The van der Waals surface area contributed by atoms with Crippen LogP contribution in [0.5, 0.6) is 0 Å². The van der Waals surface area contributed by atoms with Gasteiger partial charge in [-0.1, -0.05) is 12.1 Å². The second-order valence-corrected chi connectivity index (χ2v) is 8.06. The molecule has 0 aromatic heterocycles. The topological polar surface area (TPSA) is 144 Å². The second kappa shape index (κ2) is 6.63. The van der Waals surface area contributed by atoms with Crippen LogP contribution in [0.25, 0.3) is 10.8 Å². The van der Waals surface area contributed by atoms with Gasteiger partial charge in [0.05, 0.1) is 12.3 Å². The van der Waals surface area contributed by atoms with E-state index in [1.165, 1.54) is 23.9 Å². The molecule has 2 aromatic carbocycles. The Morgan fingerprint density at radius 2 is 1.74 bits per heavy atom. The Kier molecular flexibility index (Phi) is 5.18. The van der Waals surface area contributed by atoms with Crippen LogP contribution in [0, 0.1) is 0 Å². The van der Waals surface area contributed by atoms with Crippen LogP contribution in [0.2, 0.25) is 0 Å². The van der Waals surface area contributed by atoms with Gasteiger partial charge in [0, 0.05) is 16.0 Å². The highest BCUT2D eigenvalue weighted by Crippen LogP contribution is 2.31. The molecule has 11 heteroatoms. The maximum absolute atomic E-state index is 11.5. The SMILES string of the molecule is Nc1ccc2ccc(SCCOS(=O)(=O)O)cc2c1S(=O)(=O)O. The first-order valence-corrected chi connectivity index (χ1v) is 9.91. The molecule has 0 saturated heterocycles. The standard InChI is InChI=1S/C12H13NO7S3/c13-11-4-2-8-1-3-9(21-6-5-20-23(17,18)19)7-10(8)12(11)22(14,15)16/h1-4,7H,5-6,13H2,(H,14,15,16)(H,17,18,19). The van der Waals surface area contributed by atoms with Crippen molar-refractivity contribution < 1.29 is 30.1 Å². The van der Waals surface area contributed by atoms with Crippen molar-refractivity contribution in [2.75, 3.05) is 18.1 Å². The van der Waals surface area contributed by atoms with Gasteiger partial charge in [0.25, 0.3) is 10.1 Å². The van der Waals surface area contributed by atoms with E-state index in [0.717, 1.165) is 0 Å². The summed E-state index contributed by atoms with van der Waals surface area (Å²) in [5.41, 5.74) is 5.56. The number of nitrogens with two attached hydrogens (primary N) is 1. The molecule has 0 fully saturated rings. The first-order chi connectivity index (χ1) is 10.6. The van der Waals surface area contributed by atoms with Gasteiger partial charge >= 0.3 is 10.4 Å². The average Bonchev–Trinajstić information content (AvgIpc) is 2.40. The fraction of sp³-hybridized carbons (Fsp3) is 0.167. The summed E-state index contributed by atoms with van der Waals surface area (Å²) in [6, 6.07) is 7.88. The Bertz CT molecular complexity index is 939. The van der Waals surface area contributed by atoms with E-state index >= 15 is 0 Å². The summed E-state index contributed by atoms with van der Waals surface area (Å²) in [4.78, 5) is 0.249. The summed E-state index contributed by atoms with van der Waals surface area (Å²) >= 11 is 1.18. The van der Waals surface area contributed by atoms with E-state index in [1.807, 2.05) is 0 Å².